The molecule has 0 saturated heterocycles. The summed E-state index contributed by atoms with van der Waals surface area (Å²) >= 11 is 1.70. The van der Waals surface area contributed by atoms with Crippen LogP contribution in [0.2, 0.25) is 0 Å². The van der Waals surface area contributed by atoms with Crippen molar-refractivity contribution in [2.45, 2.75) is 26.7 Å². The molecule has 0 unspecified atom stereocenters. The normalized spacial score (nSPS) is 11.0. The van der Waals surface area contributed by atoms with Gasteiger partial charge in [0.1, 0.15) is 17.2 Å². The predicted molar refractivity (Wildman–Crippen MR) is 121 cm³/mol. The minimum absolute atomic E-state index is 0.222. The Bertz CT molecular complexity index is 1100. The number of aryl methyl sites for hydroxylation is 1. The maximum absolute atomic E-state index is 9.56. The molecule has 0 saturated carbocycles. The summed E-state index contributed by atoms with van der Waals surface area (Å²) in [5.41, 5.74) is 2.35. The Balaban J connectivity index is 1.77. The average Bonchev–Trinajstić information content (AvgIpc) is 3.08. The van der Waals surface area contributed by atoms with Crippen LogP contribution in [-0.4, -0.2) is 11.7 Å². The van der Waals surface area contributed by atoms with Crippen molar-refractivity contribution in [3.05, 3.63) is 72.3 Å². The van der Waals surface area contributed by atoms with Crippen LogP contribution in [0.4, 0.5) is 0 Å². The zero-order valence-corrected chi connectivity index (χ0v) is 17.5. The van der Waals surface area contributed by atoms with Gasteiger partial charge in [0.05, 0.1) is 11.5 Å². The Morgan fingerprint density at radius 2 is 1.62 bits per heavy atom. The van der Waals surface area contributed by atoms with Gasteiger partial charge in [-0.05, 0) is 61.4 Å². The van der Waals surface area contributed by atoms with E-state index in [1.165, 1.54) is 5.56 Å². The summed E-state index contributed by atoms with van der Waals surface area (Å²) in [4.78, 5) is 1.08. The van der Waals surface area contributed by atoms with Crippen molar-refractivity contribution in [2.75, 3.05) is 6.61 Å². The molecule has 3 nitrogen and oxygen atoms in total. The number of ether oxygens (including phenoxy) is 2. The van der Waals surface area contributed by atoms with Gasteiger partial charge in [-0.15, -0.1) is 11.3 Å². The van der Waals surface area contributed by atoms with Crippen LogP contribution >= 0.6 is 11.3 Å². The van der Waals surface area contributed by atoms with E-state index in [0.717, 1.165) is 51.5 Å². The smallest absolute Gasteiger partial charge is 0.153 e. The zero-order chi connectivity index (χ0) is 20.2. The molecule has 0 amide bonds. The number of unbranched alkanes of at least 4 members (excludes halogenated alkanes) is 1. The van der Waals surface area contributed by atoms with Crippen LogP contribution in [0, 0.1) is 6.92 Å². The molecular formula is C25H24O3S. The second-order valence-corrected chi connectivity index (χ2v) is 8.13. The summed E-state index contributed by atoms with van der Waals surface area (Å²) in [6.45, 7) is 4.98. The molecule has 0 radical (unpaired) electrons. The van der Waals surface area contributed by atoms with Crippen LogP contribution in [-0.2, 0) is 0 Å². The average molecular weight is 405 g/mol. The van der Waals surface area contributed by atoms with E-state index in [1.54, 1.807) is 35.6 Å². The molecule has 4 heteroatoms. The minimum Gasteiger partial charge on any atom is -0.508 e. The van der Waals surface area contributed by atoms with Crippen LogP contribution in [0.25, 0.3) is 20.5 Å². The predicted octanol–water partition coefficient (Wildman–Crippen LogP) is 7.55. The van der Waals surface area contributed by atoms with Gasteiger partial charge in [0.2, 0.25) is 0 Å². The van der Waals surface area contributed by atoms with E-state index < -0.39 is 0 Å². The number of thiophene rings is 1. The quantitative estimate of drug-likeness (QED) is 0.323. The standard InChI is InChI=1S/C25H24O3S/c1-3-4-15-27-21-13-14-22-23(16-21)29-25(18-7-5-17(2)6-8-18)24(22)28-20-11-9-19(26)10-12-20/h5-14,16,26H,3-4,15H2,1-2H3. The van der Waals surface area contributed by atoms with Crippen molar-refractivity contribution in [2.24, 2.45) is 0 Å². The number of phenols is 1. The molecule has 29 heavy (non-hydrogen) atoms. The van der Waals surface area contributed by atoms with E-state index in [9.17, 15) is 5.11 Å². The van der Waals surface area contributed by atoms with Gasteiger partial charge in [-0.25, -0.2) is 0 Å². The van der Waals surface area contributed by atoms with Crippen LogP contribution in [0.5, 0.6) is 23.0 Å². The largest absolute Gasteiger partial charge is 0.508 e. The first-order valence-corrected chi connectivity index (χ1v) is 10.7. The van der Waals surface area contributed by atoms with Crippen molar-refractivity contribution >= 4 is 21.4 Å². The van der Waals surface area contributed by atoms with Crippen molar-refractivity contribution in [1.29, 1.82) is 0 Å². The van der Waals surface area contributed by atoms with Crippen LogP contribution < -0.4 is 9.47 Å². The fraction of sp³-hybridized carbons (Fsp3) is 0.200. The lowest BCUT2D eigenvalue weighted by atomic mass is 10.1. The first-order valence-electron chi connectivity index (χ1n) is 9.87. The Kier molecular flexibility index (Phi) is 5.72. The third-order valence-electron chi connectivity index (χ3n) is 4.75. The zero-order valence-electron chi connectivity index (χ0n) is 16.6. The van der Waals surface area contributed by atoms with Crippen molar-refractivity contribution in [1.82, 2.24) is 0 Å². The third kappa shape index (κ3) is 4.38. The van der Waals surface area contributed by atoms with E-state index in [0.29, 0.717) is 5.75 Å². The lowest BCUT2D eigenvalue weighted by molar-refractivity contribution is 0.310. The Morgan fingerprint density at radius 1 is 0.897 bits per heavy atom. The molecule has 4 rings (SSSR count). The number of aromatic hydroxyl groups is 1. The Hall–Kier alpha value is -2.98. The topological polar surface area (TPSA) is 38.7 Å². The molecule has 0 fully saturated rings. The first kappa shape index (κ1) is 19.3. The molecule has 148 valence electrons. The van der Waals surface area contributed by atoms with Gasteiger partial charge in [0, 0.05) is 10.1 Å². The van der Waals surface area contributed by atoms with Gasteiger partial charge < -0.3 is 14.6 Å². The van der Waals surface area contributed by atoms with Crippen molar-refractivity contribution in [3.63, 3.8) is 0 Å². The number of benzene rings is 3. The molecule has 0 aliphatic rings. The van der Waals surface area contributed by atoms with Gasteiger partial charge in [0.15, 0.2) is 5.75 Å². The maximum Gasteiger partial charge on any atom is 0.153 e. The molecule has 0 aliphatic carbocycles. The van der Waals surface area contributed by atoms with E-state index in [1.807, 2.05) is 6.07 Å². The van der Waals surface area contributed by atoms with Crippen LogP contribution in [0.1, 0.15) is 25.3 Å². The number of phenolic OH excluding ortho intramolecular Hbond substituents is 1. The highest BCUT2D eigenvalue weighted by Crippen LogP contribution is 2.47. The van der Waals surface area contributed by atoms with E-state index in [-0.39, 0.29) is 5.75 Å². The molecule has 1 heterocycles. The van der Waals surface area contributed by atoms with Gasteiger partial charge in [-0.2, -0.15) is 0 Å². The lowest BCUT2D eigenvalue weighted by Gasteiger charge is -2.09. The molecule has 1 aromatic heterocycles. The number of hydrogen-bond donors (Lipinski definition) is 1. The van der Waals surface area contributed by atoms with Crippen LogP contribution in [0.15, 0.2) is 66.7 Å². The first-order chi connectivity index (χ1) is 14.1. The van der Waals surface area contributed by atoms with Crippen molar-refractivity contribution < 1.29 is 14.6 Å². The highest BCUT2D eigenvalue weighted by atomic mass is 32.1. The summed E-state index contributed by atoms with van der Waals surface area (Å²) in [5.74, 6) is 2.64. The second kappa shape index (κ2) is 8.58. The number of fused-ring (bicyclic) bond motifs is 1. The number of rotatable bonds is 7. The fourth-order valence-electron chi connectivity index (χ4n) is 3.11. The van der Waals surface area contributed by atoms with Gasteiger partial charge in [-0.1, -0.05) is 43.2 Å². The Morgan fingerprint density at radius 3 is 2.34 bits per heavy atom. The summed E-state index contributed by atoms with van der Waals surface area (Å²) in [6.07, 6.45) is 2.16. The summed E-state index contributed by atoms with van der Waals surface area (Å²) in [5, 5.41) is 10.6. The van der Waals surface area contributed by atoms with E-state index >= 15 is 0 Å². The number of hydrogen-bond acceptors (Lipinski definition) is 4. The highest BCUT2D eigenvalue weighted by Gasteiger charge is 2.17. The minimum atomic E-state index is 0.222. The SMILES string of the molecule is CCCCOc1ccc2c(Oc3ccc(O)cc3)c(-c3ccc(C)cc3)sc2c1. The molecular weight excluding hydrogens is 380 g/mol. The van der Waals surface area contributed by atoms with E-state index in [2.05, 4.69) is 50.2 Å². The highest BCUT2D eigenvalue weighted by molar-refractivity contribution is 7.22. The fourth-order valence-corrected chi connectivity index (χ4v) is 4.27. The molecule has 3 aromatic carbocycles. The van der Waals surface area contributed by atoms with Gasteiger partial charge >= 0.3 is 0 Å². The van der Waals surface area contributed by atoms with Gasteiger partial charge in [0.25, 0.3) is 0 Å². The van der Waals surface area contributed by atoms with Crippen molar-refractivity contribution in [3.8, 4) is 33.4 Å². The molecule has 0 spiro atoms. The summed E-state index contributed by atoms with van der Waals surface area (Å²) < 4.78 is 13.3. The Labute approximate surface area is 175 Å². The van der Waals surface area contributed by atoms with Gasteiger partial charge in [-0.3, -0.25) is 0 Å². The molecule has 1 N–H and O–H groups in total. The third-order valence-corrected chi connectivity index (χ3v) is 5.94. The van der Waals surface area contributed by atoms with Crippen LogP contribution in [0.3, 0.4) is 0 Å². The molecule has 0 atom stereocenters. The lowest BCUT2D eigenvalue weighted by Crippen LogP contribution is -1.95. The maximum atomic E-state index is 9.56. The summed E-state index contributed by atoms with van der Waals surface area (Å²) in [6, 6.07) is 21.5. The summed E-state index contributed by atoms with van der Waals surface area (Å²) in [7, 11) is 0. The molecule has 0 bridgehead atoms. The second-order valence-electron chi connectivity index (χ2n) is 7.08. The monoisotopic (exact) mass is 404 g/mol. The van der Waals surface area contributed by atoms with E-state index in [4.69, 9.17) is 9.47 Å². The molecule has 4 aromatic rings. The molecule has 0 aliphatic heterocycles.